The maximum atomic E-state index is 12.5. The van der Waals surface area contributed by atoms with E-state index < -0.39 is 12.7 Å². The summed E-state index contributed by atoms with van der Waals surface area (Å²) in [5.41, 5.74) is 1.54. The minimum absolute atomic E-state index is 0.0255. The molecule has 8 heteroatoms. The molecule has 1 aromatic heterocycles. The molecule has 4 nitrogen and oxygen atoms in total. The minimum atomic E-state index is -4.29. The van der Waals surface area contributed by atoms with Crippen molar-refractivity contribution in [3.63, 3.8) is 0 Å². The van der Waals surface area contributed by atoms with E-state index >= 15 is 0 Å². The Balaban J connectivity index is 2.95. The summed E-state index contributed by atoms with van der Waals surface area (Å²) in [6, 6.07) is 0. The summed E-state index contributed by atoms with van der Waals surface area (Å²) < 4.78 is 40.0. The number of hydrogen-bond donors (Lipinski definition) is 1. The Morgan fingerprint density at radius 2 is 2.00 bits per heavy atom. The molecule has 1 aromatic rings. The van der Waals surface area contributed by atoms with E-state index in [2.05, 4.69) is 21.0 Å². The lowest BCUT2D eigenvalue weighted by molar-refractivity contribution is -0.148. The smallest absolute Gasteiger partial charge is 0.395 e. The van der Waals surface area contributed by atoms with Crippen LogP contribution in [-0.2, 0) is 19.5 Å². The van der Waals surface area contributed by atoms with E-state index in [0.29, 0.717) is 18.7 Å². The minimum Gasteiger partial charge on any atom is -0.395 e. The molecule has 116 valence electrons. The SMILES string of the molecule is CCc1nn(CC)c(CN(CCO)CC(F)(F)F)c1Br. The number of halogens is 4. The number of aliphatic hydroxyl groups is 1. The zero-order valence-electron chi connectivity index (χ0n) is 11.5. The van der Waals surface area contributed by atoms with E-state index in [0.717, 1.165) is 10.2 Å². The lowest BCUT2D eigenvalue weighted by Crippen LogP contribution is -2.36. The van der Waals surface area contributed by atoms with E-state index in [1.165, 1.54) is 4.90 Å². The third-order valence-electron chi connectivity index (χ3n) is 2.89. The standard InChI is InChI=1S/C12H19BrF3N3O/c1-3-9-11(13)10(19(4-2)17-9)7-18(5-6-20)8-12(14,15)16/h20H,3-8H2,1-2H3. The van der Waals surface area contributed by atoms with Crippen LogP contribution in [0.1, 0.15) is 25.2 Å². The first-order chi connectivity index (χ1) is 9.32. The largest absolute Gasteiger partial charge is 0.401 e. The highest BCUT2D eigenvalue weighted by molar-refractivity contribution is 9.10. The summed E-state index contributed by atoms with van der Waals surface area (Å²) in [4.78, 5) is 1.17. The fraction of sp³-hybridized carbons (Fsp3) is 0.750. The molecule has 0 bridgehead atoms. The Labute approximate surface area is 124 Å². The first-order valence-electron chi connectivity index (χ1n) is 6.46. The zero-order chi connectivity index (χ0) is 15.3. The molecular weight excluding hydrogens is 339 g/mol. The highest BCUT2D eigenvalue weighted by Crippen LogP contribution is 2.25. The van der Waals surface area contributed by atoms with Gasteiger partial charge in [0, 0.05) is 19.6 Å². The lowest BCUT2D eigenvalue weighted by Gasteiger charge is -2.23. The second-order valence-corrected chi connectivity index (χ2v) is 5.22. The number of aliphatic hydroxyl groups excluding tert-OH is 1. The van der Waals surface area contributed by atoms with Crippen LogP contribution in [0, 0.1) is 0 Å². The second-order valence-electron chi connectivity index (χ2n) is 4.43. The van der Waals surface area contributed by atoms with Crippen LogP contribution in [0.5, 0.6) is 0 Å². The Morgan fingerprint density at radius 3 is 2.45 bits per heavy atom. The van der Waals surface area contributed by atoms with Crippen LogP contribution in [0.4, 0.5) is 13.2 Å². The zero-order valence-corrected chi connectivity index (χ0v) is 13.1. The highest BCUT2D eigenvalue weighted by Gasteiger charge is 2.31. The Bertz CT molecular complexity index is 434. The molecule has 0 spiro atoms. The van der Waals surface area contributed by atoms with E-state index in [-0.39, 0.29) is 19.7 Å². The molecule has 0 atom stereocenters. The molecule has 0 saturated heterocycles. The molecule has 0 radical (unpaired) electrons. The Kier molecular flexibility index (Phi) is 6.47. The van der Waals surface area contributed by atoms with Gasteiger partial charge >= 0.3 is 6.18 Å². The van der Waals surface area contributed by atoms with Crippen LogP contribution >= 0.6 is 15.9 Å². The summed E-state index contributed by atoms with van der Waals surface area (Å²) in [5.74, 6) is 0. The molecule has 1 rings (SSSR count). The molecule has 0 unspecified atom stereocenters. The van der Waals surface area contributed by atoms with Gasteiger partial charge in [-0.2, -0.15) is 18.3 Å². The van der Waals surface area contributed by atoms with Crippen molar-refractivity contribution in [3.05, 3.63) is 15.9 Å². The Hall–Kier alpha value is -0.600. The van der Waals surface area contributed by atoms with E-state index in [9.17, 15) is 13.2 Å². The van der Waals surface area contributed by atoms with Gasteiger partial charge in [0.1, 0.15) is 0 Å². The van der Waals surface area contributed by atoms with Crippen LogP contribution in [0.3, 0.4) is 0 Å². The molecule has 0 aliphatic heterocycles. The van der Waals surface area contributed by atoms with Gasteiger partial charge in [-0.15, -0.1) is 0 Å². The maximum Gasteiger partial charge on any atom is 0.401 e. The molecule has 1 heterocycles. The monoisotopic (exact) mass is 357 g/mol. The van der Waals surface area contributed by atoms with Crippen molar-refractivity contribution >= 4 is 15.9 Å². The quantitative estimate of drug-likeness (QED) is 0.815. The van der Waals surface area contributed by atoms with Gasteiger partial charge in [-0.3, -0.25) is 9.58 Å². The van der Waals surface area contributed by atoms with E-state index in [1.54, 1.807) is 4.68 Å². The molecule has 0 aliphatic carbocycles. The predicted octanol–water partition coefficient (Wildman–Crippen LogP) is 2.58. The molecule has 0 fully saturated rings. The molecule has 20 heavy (non-hydrogen) atoms. The molecule has 0 aliphatic rings. The average molecular weight is 358 g/mol. The van der Waals surface area contributed by atoms with Crippen molar-refractivity contribution in [3.8, 4) is 0 Å². The van der Waals surface area contributed by atoms with Gasteiger partial charge in [-0.25, -0.2) is 0 Å². The number of aromatic nitrogens is 2. The van der Waals surface area contributed by atoms with Crippen LogP contribution in [0.15, 0.2) is 4.47 Å². The summed E-state index contributed by atoms with van der Waals surface area (Å²) in [5, 5.41) is 13.3. The number of hydrogen-bond acceptors (Lipinski definition) is 3. The fourth-order valence-electron chi connectivity index (χ4n) is 1.99. The summed E-state index contributed by atoms with van der Waals surface area (Å²) in [7, 11) is 0. The first kappa shape index (κ1) is 17.5. The van der Waals surface area contributed by atoms with Gasteiger partial charge in [-0.05, 0) is 29.3 Å². The third-order valence-corrected chi connectivity index (χ3v) is 3.80. The second kappa shape index (κ2) is 7.42. The highest BCUT2D eigenvalue weighted by atomic mass is 79.9. The molecule has 0 saturated carbocycles. The molecule has 0 amide bonds. The third kappa shape index (κ3) is 4.75. The Morgan fingerprint density at radius 1 is 1.35 bits per heavy atom. The van der Waals surface area contributed by atoms with Crippen LogP contribution in [-0.4, -0.2) is 45.7 Å². The number of nitrogens with zero attached hydrogens (tertiary/aromatic N) is 3. The van der Waals surface area contributed by atoms with E-state index in [4.69, 9.17) is 5.11 Å². The number of alkyl halides is 3. The number of aryl methyl sites for hydroxylation is 2. The molecule has 0 aromatic carbocycles. The van der Waals surface area contributed by atoms with Gasteiger partial charge in [0.05, 0.1) is 29.0 Å². The predicted molar refractivity (Wildman–Crippen MR) is 73.4 cm³/mol. The maximum absolute atomic E-state index is 12.5. The van der Waals surface area contributed by atoms with Crippen molar-refractivity contribution in [2.75, 3.05) is 19.7 Å². The van der Waals surface area contributed by atoms with Gasteiger partial charge in [0.15, 0.2) is 0 Å². The normalized spacial score (nSPS) is 12.4. The van der Waals surface area contributed by atoms with Gasteiger partial charge in [0.2, 0.25) is 0 Å². The van der Waals surface area contributed by atoms with Crippen molar-refractivity contribution in [2.24, 2.45) is 0 Å². The van der Waals surface area contributed by atoms with Crippen LogP contribution in [0.2, 0.25) is 0 Å². The number of rotatable bonds is 7. The molecule has 1 N–H and O–H groups in total. The van der Waals surface area contributed by atoms with Crippen molar-refractivity contribution in [1.82, 2.24) is 14.7 Å². The average Bonchev–Trinajstić information content (AvgIpc) is 2.64. The van der Waals surface area contributed by atoms with Crippen molar-refractivity contribution in [2.45, 2.75) is 39.5 Å². The summed E-state index contributed by atoms with van der Waals surface area (Å²) in [6.07, 6.45) is -3.58. The summed E-state index contributed by atoms with van der Waals surface area (Å²) in [6.45, 7) is 3.14. The van der Waals surface area contributed by atoms with Crippen molar-refractivity contribution < 1.29 is 18.3 Å². The topological polar surface area (TPSA) is 41.3 Å². The summed E-state index contributed by atoms with van der Waals surface area (Å²) >= 11 is 3.41. The lowest BCUT2D eigenvalue weighted by atomic mass is 10.3. The van der Waals surface area contributed by atoms with Gasteiger partial charge in [0.25, 0.3) is 0 Å². The van der Waals surface area contributed by atoms with Gasteiger partial charge in [-0.1, -0.05) is 6.92 Å². The van der Waals surface area contributed by atoms with Gasteiger partial charge < -0.3 is 5.11 Å². The van der Waals surface area contributed by atoms with Crippen molar-refractivity contribution in [1.29, 1.82) is 0 Å². The first-order valence-corrected chi connectivity index (χ1v) is 7.25. The van der Waals surface area contributed by atoms with Crippen LogP contribution < -0.4 is 0 Å². The van der Waals surface area contributed by atoms with E-state index in [1.807, 2.05) is 13.8 Å². The van der Waals surface area contributed by atoms with Crippen LogP contribution in [0.25, 0.3) is 0 Å². The molecular formula is C12H19BrF3N3O. The fourth-order valence-corrected chi connectivity index (χ4v) is 2.68.